The molecule has 0 radical (unpaired) electrons. The lowest BCUT2D eigenvalue weighted by Gasteiger charge is -2.18. The van der Waals surface area contributed by atoms with Crippen molar-refractivity contribution in [1.82, 2.24) is 16.0 Å². The molecule has 49 heavy (non-hydrogen) atoms. The van der Waals surface area contributed by atoms with Crippen molar-refractivity contribution in [2.45, 2.75) is 13.0 Å². The maximum Gasteiger partial charge on any atom is 0.246 e. The number of hydrogen-bond donors (Lipinski definition) is 3. The summed E-state index contributed by atoms with van der Waals surface area (Å²) >= 11 is 0. The van der Waals surface area contributed by atoms with Crippen molar-refractivity contribution < 1.29 is 71.2 Å². The SMILES string of the molecule is CCOCCNC(=O)COC(COCCOCCNC(=O)COCCOCCOC)COCCOCCNC(=O)COCCOCCOC. The van der Waals surface area contributed by atoms with E-state index in [9.17, 15) is 14.4 Å². The molecular weight excluding hydrogens is 654 g/mol. The molecule has 3 N–H and O–H groups in total. The zero-order chi connectivity index (χ0) is 35.9. The summed E-state index contributed by atoms with van der Waals surface area (Å²) in [5.74, 6) is -0.760. The molecule has 0 heterocycles. The molecule has 0 aromatic heterocycles. The van der Waals surface area contributed by atoms with E-state index in [-0.39, 0.29) is 64.0 Å². The number of nitrogens with one attached hydrogen (secondary N) is 3. The molecule has 0 bridgehead atoms. The summed E-state index contributed by atoms with van der Waals surface area (Å²) in [7, 11) is 3.19. The van der Waals surface area contributed by atoms with Crippen LogP contribution in [0, 0.1) is 0 Å². The Hall–Kier alpha value is -2.07. The van der Waals surface area contributed by atoms with Gasteiger partial charge in [-0.3, -0.25) is 14.4 Å². The van der Waals surface area contributed by atoms with E-state index in [2.05, 4.69) is 16.0 Å². The van der Waals surface area contributed by atoms with Gasteiger partial charge < -0.3 is 72.8 Å². The van der Waals surface area contributed by atoms with Crippen LogP contribution in [0.1, 0.15) is 6.92 Å². The lowest BCUT2D eigenvalue weighted by molar-refractivity contribution is -0.132. The van der Waals surface area contributed by atoms with Crippen LogP contribution in [0.25, 0.3) is 0 Å². The number of ether oxygens (including phenoxy) is 12. The van der Waals surface area contributed by atoms with Gasteiger partial charge in [-0.15, -0.1) is 0 Å². The van der Waals surface area contributed by atoms with Gasteiger partial charge in [0.15, 0.2) is 0 Å². The minimum Gasteiger partial charge on any atom is -0.382 e. The normalized spacial score (nSPS) is 11.3. The monoisotopic (exact) mass is 715 g/mol. The van der Waals surface area contributed by atoms with Crippen molar-refractivity contribution in [2.24, 2.45) is 0 Å². The summed E-state index contributed by atoms with van der Waals surface area (Å²) < 4.78 is 63.9. The standard InChI is InChI=1S/C31H61N3O15/c1-4-40-8-5-34-31(37)27-49-28(23-45-19-15-41-9-6-32-29(35)25-47-21-17-43-13-11-38-2)24-46-20-16-42-10-7-33-30(36)26-48-22-18-44-14-12-39-3/h28H,4-27H2,1-3H3,(H,32,35)(H,33,36)(H,34,37). The molecule has 18 nitrogen and oxygen atoms in total. The lowest BCUT2D eigenvalue weighted by atomic mass is 10.4. The van der Waals surface area contributed by atoms with Gasteiger partial charge in [0.05, 0.1) is 112 Å². The Morgan fingerprint density at radius 3 is 1.20 bits per heavy atom. The van der Waals surface area contributed by atoms with Gasteiger partial charge in [-0.2, -0.15) is 0 Å². The van der Waals surface area contributed by atoms with Crippen molar-refractivity contribution in [2.75, 3.05) is 173 Å². The number of rotatable bonds is 39. The average Bonchev–Trinajstić information content (AvgIpc) is 3.10. The fourth-order valence-corrected chi connectivity index (χ4v) is 3.35. The molecule has 0 aliphatic rings. The second-order valence-corrected chi connectivity index (χ2v) is 9.87. The molecule has 0 saturated heterocycles. The van der Waals surface area contributed by atoms with E-state index < -0.39 is 6.10 Å². The molecule has 0 spiro atoms. The summed E-state index contributed by atoms with van der Waals surface area (Å²) in [6, 6.07) is 0. The van der Waals surface area contributed by atoms with Crippen LogP contribution < -0.4 is 16.0 Å². The molecule has 0 aromatic carbocycles. The maximum absolute atomic E-state index is 12.1. The highest BCUT2D eigenvalue weighted by atomic mass is 16.6. The number of carbonyl (C=O) groups excluding carboxylic acids is 3. The van der Waals surface area contributed by atoms with E-state index in [0.29, 0.717) is 112 Å². The molecule has 0 unspecified atom stereocenters. The third kappa shape index (κ3) is 37.0. The van der Waals surface area contributed by atoms with Gasteiger partial charge in [-0.25, -0.2) is 0 Å². The van der Waals surface area contributed by atoms with Crippen LogP contribution in [0.3, 0.4) is 0 Å². The predicted octanol–water partition coefficient (Wildman–Crippen LogP) is -1.82. The van der Waals surface area contributed by atoms with Crippen LogP contribution >= 0.6 is 0 Å². The Balaban J connectivity index is 4.04. The van der Waals surface area contributed by atoms with Crippen molar-refractivity contribution in [1.29, 1.82) is 0 Å². The number of hydrogen-bond acceptors (Lipinski definition) is 15. The van der Waals surface area contributed by atoms with Crippen molar-refractivity contribution in [3.05, 3.63) is 0 Å². The zero-order valence-corrected chi connectivity index (χ0v) is 29.7. The molecule has 0 atom stereocenters. The first-order chi connectivity index (χ1) is 24.0. The highest BCUT2D eigenvalue weighted by Gasteiger charge is 2.13. The van der Waals surface area contributed by atoms with Crippen molar-refractivity contribution in [3.63, 3.8) is 0 Å². The summed E-state index contributed by atoms with van der Waals surface area (Å²) in [5, 5.41) is 8.13. The Morgan fingerprint density at radius 2 is 0.776 bits per heavy atom. The predicted molar refractivity (Wildman–Crippen MR) is 176 cm³/mol. The van der Waals surface area contributed by atoms with E-state index in [0.717, 1.165) is 0 Å². The van der Waals surface area contributed by atoms with Crippen LogP contribution in [0.2, 0.25) is 0 Å². The van der Waals surface area contributed by atoms with Crippen LogP contribution in [0.4, 0.5) is 0 Å². The Kier molecular flexibility index (Phi) is 37.1. The maximum atomic E-state index is 12.1. The molecule has 18 heteroatoms. The van der Waals surface area contributed by atoms with E-state index in [4.69, 9.17) is 56.8 Å². The second kappa shape index (κ2) is 38.7. The second-order valence-electron chi connectivity index (χ2n) is 9.87. The molecule has 3 amide bonds. The van der Waals surface area contributed by atoms with Crippen LogP contribution in [0.5, 0.6) is 0 Å². The highest BCUT2D eigenvalue weighted by Crippen LogP contribution is 1.97. The van der Waals surface area contributed by atoms with E-state index >= 15 is 0 Å². The first-order valence-electron chi connectivity index (χ1n) is 16.6. The molecule has 0 rings (SSSR count). The van der Waals surface area contributed by atoms with Crippen LogP contribution in [0.15, 0.2) is 0 Å². The van der Waals surface area contributed by atoms with Gasteiger partial charge in [0, 0.05) is 40.5 Å². The van der Waals surface area contributed by atoms with E-state index in [1.807, 2.05) is 6.92 Å². The van der Waals surface area contributed by atoms with Crippen molar-refractivity contribution >= 4 is 17.7 Å². The molecule has 0 saturated carbocycles. The molecular formula is C31H61N3O15. The summed E-state index contributed by atoms with van der Waals surface area (Å²) in [4.78, 5) is 35.7. The lowest BCUT2D eigenvalue weighted by Crippen LogP contribution is -2.35. The highest BCUT2D eigenvalue weighted by molar-refractivity contribution is 5.77. The largest absolute Gasteiger partial charge is 0.382 e. The minimum atomic E-state index is -0.507. The zero-order valence-electron chi connectivity index (χ0n) is 29.7. The van der Waals surface area contributed by atoms with Crippen LogP contribution in [-0.2, 0) is 71.2 Å². The molecule has 0 aliphatic carbocycles. The molecule has 0 aromatic rings. The fourth-order valence-electron chi connectivity index (χ4n) is 3.35. The third-order valence-electron chi connectivity index (χ3n) is 5.79. The molecule has 0 aliphatic heterocycles. The number of methoxy groups -OCH3 is 2. The molecule has 290 valence electrons. The van der Waals surface area contributed by atoms with Crippen molar-refractivity contribution in [3.8, 4) is 0 Å². The Morgan fingerprint density at radius 1 is 0.429 bits per heavy atom. The quantitative estimate of drug-likeness (QED) is 0.0601. The summed E-state index contributed by atoms with van der Waals surface area (Å²) in [5.41, 5.74) is 0. The van der Waals surface area contributed by atoms with Crippen LogP contribution in [-0.4, -0.2) is 196 Å². The summed E-state index contributed by atoms with van der Waals surface area (Å²) in [6.45, 7) is 9.17. The first-order valence-corrected chi connectivity index (χ1v) is 16.6. The van der Waals surface area contributed by atoms with Gasteiger partial charge in [0.2, 0.25) is 17.7 Å². The van der Waals surface area contributed by atoms with E-state index in [1.165, 1.54) is 0 Å². The summed E-state index contributed by atoms with van der Waals surface area (Å²) in [6.07, 6.45) is -0.507. The number of amides is 3. The topological polar surface area (TPSA) is 198 Å². The van der Waals surface area contributed by atoms with Gasteiger partial charge in [-0.1, -0.05) is 0 Å². The van der Waals surface area contributed by atoms with E-state index in [1.54, 1.807) is 14.2 Å². The fraction of sp³-hybridized carbons (Fsp3) is 0.903. The van der Waals surface area contributed by atoms with Gasteiger partial charge >= 0.3 is 0 Å². The molecule has 0 fully saturated rings. The van der Waals surface area contributed by atoms with Gasteiger partial charge in [0.1, 0.15) is 25.9 Å². The van der Waals surface area contributed by atoms with Gasteiger partial charge in [0.25, 0.3) is 0 Å². The third-order valence-corrected chi connectivity index (χ3v) is 5.79. The Bertz CT molecular complexity index is 709. The smallest absolute Gasteiger partial charge is 0.246 e. The minimum absolute atomic E-state index is 0.0570. The Labute approximate surface area is 290 Å². The number of carbonyl (C=O) groups is 3. The first kappa shape index (κ1) is 46.9. The van der Waals surface area contributed by atoms with Gasteiger partial charge in [-0.05, 0) is 6.92 Å². The average molecular weight is 716 g/mol.